The third kappa shape index (κ3) is 2.96. The molecule has 0 saturated carbocycles. The normalized spacial score (nSPS) is 12.9. The minimum Gasteiger partial charge on any atom is -0.394 e. The second-order valence-corrected chi connectivity index (χ2v) is 3.72. The first kappa shape index (κ1) is 10.9. The second kappa shape index (κ2) is 4.91. The second-order valence-electron chi connectivity index (χ2n) is 3.72. The Labute approximate surface area is 84.4 Å². The molecule has 1 aromatic heterocycles. The smallest absolute Gasteiger partial charge is 0.145 e. The molecule has 0 aliphatic rings. The molecule has 1 aromatic rings. The van der Waals surface area contributed by atoms with Crippen molar-refractivity contribution >= 4 is 5.82 Å². The van der Waals surface area contributed by atoms with Gasteiger partial charge in [0.1, 0.15) is 5.82 Å². The molecule has 4 nitrogen and oxygen atoms in total. The molecule has 4 heteroatoms. The van der Waals surface area contributed by atoms with Crippen molar-refractivity contribution in [3.8, 4) is 0 Å². The number of aliphatic hydroxyl groups is 1. The Hall–Kier alpha value is -1.16. The fourth-order valence-electron chi connectivity index (χ4n) is 1.15. The van der Waals surface area contributed by atoms with Crippen LogP contribution in [-0.4, -0.2) is 27.7 Å². The minimum absolute atomic E-state index is 0.0334. The lowest BCUT2D eigenvalue weighted by Gasteiger charge is -2.20. The number of hydrogen-bond donors (Lipinski definition) is 2. The van der Waals surface area contributed by atoms with Crippen LogP contribution in [0.25, 0.3) is 0 Å². The zero-order chi connectivity index (χ0) is 10.6. The summed E-state index contributed by atoms with van der Waals surface area (Å²) < 4.78 is 0. The van der Waals surface area contributed by atoms with Gasteiger partial charge in [0.05, 0.1) is 24.5 Å². The van der Waals surface area contributed by atoms with E-state index in [9.17, 15) is 0 Å². The van der Waals surface area contributed by atoms with E-state index in [4.69, 9.17) is 5.11 Å². The predicted octanol–water partition coefficient (Wildman–Crippen LogP) is 1.21. The first-order valence-electron chi connectivity index (χ1n) is 4.79. The molecule has 2 N–H and O–H groups in total. The summed E-state index contributed by atoms with van der Waals surface area (Å²) in [5, 5.41) is 12.3. The van der Waals surface area contributed by atoms with Crippen molar-refractivity contribution < 1.29 is 5.11 Å². The molecule has 0 aliphatic carbocycles. The fourth-order valence-corrected chi connectivity index (χ4v) is 1.15. The average molecular weight is 195 g/mol. The van der Waals surface area contributed by atoms with E-state index in [1.807, 2.05) is 6.92 Å². The van der Waals surface area contributed by atoms with Crippen LogP contribution < -0.4 is 5.32 Å². The van der Waals surface area contributed by atoms with Crippen LogP contribution in [0.15, 0.2) is 12.4 Å². The number of anilines is 1. The van der Waals surface area contributed by atoms with E-state index in [0.29, 0.717) is 5.92 Å². The molecule has 1 rings (SSSR count). The Morgan fingerprint density at radius 1 is 1.43 bits per heavy atom. The van der Waals surface area contributed by atoms with Crippen molar-refractivity contribution in [3.63, 3.8) is 0 Å². The zero-order valence-electron chi connectivity index (χ0n) is 8.86. The lowest BCUT2D eigenvalue weighted by Crippen LogP contribution is -2.29. The lowest BCUT2D eigenvalue weighted by molar-refractivity contribution is 0.249. The quantitative estimate of drug-likeness (QED) is 0.758. The van der Waals surface area contributed by atoms with E-state index in [2.05, 4.69) is 29.1 Å². The first-order valence-corrected chi connectivity index (χ1v) is 4.79. The van der Waals surface area contributed by atoms with Crippen LogP contribution >= 0.6 is 0 Å². The number of rotatable bonds is 4. The highest BCUT2D eigenvalue weighted by atomic mass is 16.3. The van der Waals surface area contributed by atoms with E-state index in [0.717, 1.165) is 11.5 Å². The summed E-state index contributed by atoms with van der Waals surface area (Å²) in [5.41, 5.74) is 0.871. The van der Waals surface area contributed by atoms with Gasteiger partial charge < -0.3 is 10.4 Å². The summed E-state index contributed by atoms with van der Waals surface area (Å²) in [4.78, 5) is 8.28. The van der Waals surface area contributed by atoms with Crippen LogP contribution in [0, 0.1) is 12.8 Å². The molecule has 0 bridgehead atoms. The summed E-state index contributed by atoms with van der Waals surface area (Å²) in [6, 6.07) is 0.0334. The van der Waals surface area contributed by atoms with Crippen molar-refractivity contribution in [1.82, 2.24) is 9.97 Å². The molecule has 1 atom stereocenters. The largest absolute Gasteiger partial charge is 0.394 e. The van der Waals surface area contributed by atoms with Gasteiger partial charge in [-0.25, -0.2) is 4.98 Å². The molecule has 0 spiro atoms. The standard InChI is InChI=1S/C10H17N3O/c1-7(2)9(6-14)13-10-5-11-4-8(3)12-10/h4-5,7,9,14H,6H2,1-3H3,(H,12,13)/t9-/m1/s1. The van der Waals surface area contributed by atoms with Gasteiger partial charge in [-0.1, -0.05) is 13.8 Å². The van der Waals surface area contributed by atoms with Crippen LogP contribution in [0.3, 0.4) is 0 Å². The highest BCUT2D eigenvalue weighted by Gasteiger charge is 2.12. The summed E-state index contributed by atoms with van der Waals surface area (Å²) in [6.07, 6.45) is 3.37. The average Bonchev–Trinajstić information content (AvgIpc) is 2.14. The number of nitrogens with zero attached hydrogens (tertiary/aromatic N) is 2. The predicted molar refractivity (Wildman–Crippen MR) is 56.1 cm³/mol. The van der Waals surface area contributed by atoms with E-state index in [1.54, 1.807) is 12.4 Å². The van der Waals surface area contributed by atoms with Crippen molar-refractivity contribution in [3.05, 3.63) is 18.1 Å². The van der Waals surface area contributed by atoms with Crippen molar-refractivity contribution in [2.45, 2.75) is 26.8 Å². The van der Waals surface area contributed by atoms with Gasteiger partial charge >= 0.3 is 0 Å². The highest BCUT2D eigenvalue weighted by Crippen LogP contribution is 2.09. The Morgan fingerprint density at radius 3 is 2.64 bits per heavy atom. The van der Waals surface area contributed by atoms with E-state index >= 15 is 0 Å². The fraction of sp³-hybridized carbons (Fsp3) is 0.600. The highest BCUT2D eigenvalue weighted by molar-refractivity contribution is 5.33. The Morgan fingerprint density at radius 2 is 2.14 bits per heavy atom. The summed E-state index contributed by atoms with van der Waals surface area (Å²) in [6.45, 7) is 6.10. The number of nitrogens with one attached hydrogen (secondary N) is 1. The number of hydrogen-bond acceptors (Lipinski definition) is 4. The molecule has 78 valence electrons. The van der Waals surface area contributed by atoms with Gasteiger partial charge in [-0.2, -0.15) is 0 Å². The van der Waals surface area contributed by atoms with Crippen LogP contribution in [0.2, 0.25) is 0 Å². The minimum atomic E-state index is 0.0334. The molecule has 1 heterocycles. The van der Waals surface area contributed by atoms with Crippen LogP contribution in [0.5, 0.6) is 0 Å². The SMILES string of the molecule is Cc1cncc(N[C@H](CO)C(C)C)n1. The van der Waals surface area contributed by atoms with Crippen molar-refractivity contribution in [1.29, 1.82) is 0 Å². The Kier molecular flexibility index (Phi) is 3.83. The summed E-state index contributed by atoms with van der Waals surface area (Å²) in [7, 11) is 0. The molecule has 0 unspecified atom stereocenters. The number of aromatic nitrogens is 2. The molecule has 0 saturated heterocycles. The molecule has 0 fully saturated rings. The molecule has 14 heavy (non-hydrogen) atoms. The maximum atomic E-state index is 9.12. The van der Waals surface area contributed by atoms with Crippen LogP contribution in [0.4, 0.5) is 5.82 Å². The van der Waals surface area contributed by atoms with Gasteiger partial charge in [0, 0.05) is 6.20 Å². The van der Waals surface area contributed by atoms with Gasteiger partial charge in [-0.3, -0.25) is 4.98 Å². The van der Waals surface area contributed by atoms with Gasteiger partial charge in [-0.15, -0.1) is 0 Å². The maximum Gasteiger partial charge on any atom is 0.145 e. The molecular weight excluding hydrogens is 178 g/mol. The van der Waals surface area contributed by atoms with E-state index in [-0.39, 0.29) is 12.6 Å². The molecule has 0 radical (unpaired) electrons. The third-order valence-electron chi connectivity index (χ3n) is 2.09. The van der Waals surface area contributed by atoms with Gasteiger partial charge in [0.25, 0.3) is 0 Å². The van der Waals surface area contributed by atoms with Gasteiger partial charge in [0.2, 0.25) is 0 Å². The number of aliphatic hydroxyl groups excluding tert-OH is 1. The van der Waals surface area contributed by atoms with Crippen molar-refractivity contribution in [2.75, 3.05) is 11.9 Å². The molecule has 0 aromatic carbocycles. The summed E-state index contributed by atoms with van der Waals surface area (Å²) in [5.74, 6) is 1.08. The Balaban J connectivity index is 2.67. The van der Waals surface area contributed by atoms with Crippen molar-refractivity contribution in [2.24, 2.45) is 5.92 Å². The lowest BCUT2D eigenvalue weighted by atomic mass is 10.1. The van der Waals surface area contributed by atoms with E-state index in [1.165, 1.54) is 0 Å². The van der Waals surface area contributed by atoms with Crippen LogP contribution in [0.1, 0.15) is 19.5 Å². The zero-order valence-corrected chi connectivity index (χ0v) is 8.86. The molecule has 0 amide bonds. The number of aryl methyl sites for hydroxylation is 1. The van der Waals surface area contributed by atoms with Gasteiger partial charge in [-0.05, 0) is 12.8 Å². The van der Waals surface area contributed by atoms with E-state index < -0.39 is 0 Å². The Bertz CT molecular complexity index is 288. The topological polar surface area (TPSA) is 58.0 Å². The van der Waals surface area contributed by atoms with Crippen LogP contribution in [-0.2, 0) is 0 Å². The monoisotopic (exact) mass is 195 g/mol. The molecular formula is C10H17N3O. The molecule has 0 aliphatic heterocycles. The third-order valence-corrected chi connectivity index (χ3v) is 2.09. The first-order chi connectivity index (χ1) is 6.63. The summed E-state index contributed by atoms with van der Waals surface area (Å²) >= 11 is 0. The maximum absolute atomic E-state index is 9.12. The van der Waals surface area contributed by atoms with Gasteiger partial charge in [0.15, 0.2) is 0 Å².